The van der Waals surface area contributed by atoms with Gasteiger partial charge >= 0.3 is 0 Å². The smallest absolute Gasteiger partial charge is 0.224 e. The van der Waals surface area contributed by atoms with Gasteiger partial charge in [-0.1, -0.05) is 28.8 Å². The molecule has 142 valence electrons. The van der Waals surface area contributed by atoms with Crippen LogP contribution in [0.1, 0.15) is 44.1 Å². The van der Waals surface area contributed by atoms with Gasteiger partial charge in [-0.05, 0) is 48.9 Å². The predicted molar refractivity (Wildman–Crippen MR) is 105 cm³/mol. The second kappa shape index (κ2) is 8.53. The number of ether oxygens (including phenoxy) is 1. The van der Waals surface area contributed by atoms with Crippen LogP contribution in [0.5, 0.6) is 0 Å². The first kappa shape index (κ1) is 19.4. The summed E-state index contributed by atoms with van der Waals surface area (Å²) in [4.78, 5) is 27.3. The molecule has 1 N–H and O–H groups in total. The third-order valence-corrected chi connectivity index (χ3v) is 6.42. The number of carbonyl (C=O) groups is 2. The van der Waals surface area contributed by atoms with Gasteiger partial charge in [0.15, 0.2) is 0 Å². The van der Waals surface area contributed by atoms with E-state index in [2.05, 4.69) is 21.2 Å². The predicted octanol–water partition coefficient (Wildman–Crippen LogP) is 3.90. The first-order valence-corrected chi connectivity index (χ1v) is 10.2. The summed E-state index contributed by atoms with van der Waals surface area (Å²) >= 11 is 3.48. The Morgan fingerprint density at radius 1 is 1.19 bits per heavy atom. The molecule has 6 heteroatoms. The maximum Gasteiger partial charge on any atom is 0.224 e. The second-order valence-electron chi connectivity index (χ2n) is 7.57. The minimum atomic E-state index is -0.191. The summed E-state index contributed by atoms with van der Waals surface area (Å²) < 4.78 is 6.36. The summed E-state index contributed by atoms with van der Waals surface area (Å²) in [7, 11) is 0. The summed E-state index contributed by atoms with van der Waals surface area (Å²) in [6.07, 6.45) is 4.99. The zero-order chi connectivity index (χ0) is 18.6. The zero-order valence-electron chi connectivity index (χ0n) is 15.4. The lowest BCUT2D eigenvalue weighted by Crippen LogP contribution is -2.43. The highest BCUT2D eigenvalue weighted by atomic mass is 79.9. The number of amides is 2. The monoisotopic (exact) mass is 422 g/mol. The van der Waals surface area contributed by atoms with Crippen molar-refractivity contribution in [1.82, 2.24) is 4.90 Å². The van der Waals surface area contributed by atoms with E-state index >= 15 is 0 Å². The van der Waals surface area contributed by atoms with Crippen LogP contribution in [-0.4, -0.2) is 43.0 Å². The minimum Gasteiger partial charge on any atom is -0.378 e. The van der Waals surface area contributed by atoms with E-state index in [1.807, 2.05) is 30.0 Å². The summed E-state index contributed by atoms with van der Waals surface area (Å²) in [5.41, 5.74) is 1.70. The van der Waals surface area contributed by atoms with Gasteiger partial charge in [0.2, 0.25) is 11.8 Å². The first-order valence-electron chi connectivity index (χ1n) is 9.39. The summed E-state index contributed by atoms with van der Waals surface area (Å²) in [5, 5.41) is 3.01. The van der Waals surface area contributed by atoms with Crippen molar-refractivity contribution in [1.29, 1.82) is 0 Å². The highest BCUT2D eigenvalue weighted by Crippen LogP contribution is 2.44. The van der Waals surface area contributed by atoms with Crippen LogP contribution in [0.15, 0.2) is 22.7 Å². The Morgan fingerprint density at radius 3 is 2.54 bits per heavy atom. The number of hydrogen-bond donors (Lipinski definition) is 1. The lowest BCUT2D eigenvalue weighted by Gasteiger charge is -2.33. The van der Waals surface area contributed by atoms with Gasteiger partial charge in [0.25, 0.3) is 0 Å². The molecule has 1 aliphatic carbocycles. The number of aryl methyl sites for hydroxylation is 1. The Labute approximate surface area is 163 Å². The number of nitrogens with one attached hydrogen (secondary N) is 1. The number of morpholine rings is 1. The molecule has 0 aromatic heterocycles. The maximum atomic E-state index is 12.7. The summed E-state index contributed by atoms with van der Waals surface area (Å²) in [6, 6.07) is 5.80. The topological polar surface area (TPSA) is 58.6 Å². The number of rotatable bonds is 5. The molecule has 26 heavy (non-hydrogen) atoms. The van der Waals surface area contributed by atoms with Crippen molar-refractivity contribution >= 4 is 33.4 Å². The average Bonchev–Trinajstić information content (AvgIpc) is 3.06. The van der Waals surface area contributed by atoms with Crippen LogP contribution in [-0.2, 0) is 14.3 Å². The fourth-order valence-electron chi connectivity index (χ4n) is 4.05. The molecule has 1 aromatic rings. The number of anilines is 1. The highest BCUT2D eigenvalue weighted by molar-refractivity contribution is 9.10. The molecule has 2 aliphatic rings. The molecule has 3 rings (SSSR count). The van der Waals surface area contributed by atoms with E-state index in [0.29, 0.717) is 39.1 Å². The molecule has 0 radical (unpaired) electrons. The van der Waals surface area contributed by atoms with Gasteiger partial charge in [-0.15, -0.1) is 0 Å². The molecule has 0 unspecified atom stereocenters. The number of halogens is 1. The number of benzene rings is 1. The molecular formula is C20H27BrN2O3. The third-order valence-electron chi connectivity index (χ3n) is 5.53. The Kier molecular flexibility index (Phi) is 6.35. The van der Waals surface area contributed by atoms with Crippen molar-refractivity contribution in [3.63, 3.8) is 0 Å². The molecule has 5 nitrogen and oxygen atoms in total. The van der Waals surface area contributed by atoms with Gasteiger partial charge in [-0.3, -0.25) is 9.59 Å². The van der Waals surface area contributed by atoms with Crippen LogP contribution in [0.2, 0.25) is 0 Å². The van der Waals surface area contributed by atoms with E-state index in [0.717, 1.165) is 41.4 Å². The Hall–Kier alpha value is -1.40. The third kappa shape index (κ3) is 4.86. The van der Waals surface area contributed by atoms with Gasteiger partial charge < -0.3 is 15.0 Å². The number of carbonyl (C=O) groups excluding carboxylic acids is 2. The van der Waals surface area contributed by atoms with Gasteiger partial charge in [-0.2, -0.15) is 0 Å². The van der Waals surface area contributed by atoms with Crippen LogP contribution >= 0.6 is 15.9 Å². The van der Waals surface area contributed by atoms with Crippen molar-refractivity contribution in [3.05, 3.63) is 28.2 Å². The molecule has 0 spiro atoms. The van der Waals surface area contributed by atoms with Gasteiger partial charge in [0, 0.05) is 36.1 Å². The summed E-state index contributed by atoms with van der Waals surface area (Å²) in [5.74, 6) is 0.172. The Bertz CT molecular complexity index is 665. The molecule has 0 atom stereocenters. The molecule has 1 aromatic carbocycles. The zero-order valence-corrected chi connectivity index (χ0v) is 16.9. The van der Waals surface area contributed by atoms with E-state index in [1.165, 1.54) is 0 Å². The molecule has 1 saturated heterocycles. The molecule has 1 saturated carbocycles. The maximum absolute atomic E-state index is 12.7. The van der Waals surface area contributed by atoms with Crippen LogP contribution in [0.4, 0.5) is 5.69 Å². The van der Waals surface area contributed by atoms with Gasteiger partial charge in [0.05, 0.1) is 13.2 Å². The molecule has 2 amide bonds. The van der Waals surface area contributed by atoms with Crippen molar-refractivity contribution < 1.29 is 14.3 Å². The second-order valence-corrected chi connectivity index (χ2v) is 8.42. The Balaban J connectivity index is 1.62. The number of nitrogens with zero attached hydrogens (tertiary/aromatic N) is 1. The molecular weight excluding hydrogens is 396 g/mol. The van der Waals surface area contributed by atoms with Crippen LogP contribution in [0.3, 0.4) is 0 Å². The quantitative estimate of drug-likeness (QED) is 0.782. The first-order chi connectivity index (χ1) is 12.5. The molecule has 1 heterocycles. The fourth-order valence-corrected chi connectivity index (χ4v) is 4.30. The van der Waals surface area contributed by atoms with Crippen molar-refractivity contribution in [2.75, 3.05) is 31.6 Å². The van der Waals surface area contributed by atoms with E-state index < -0.39 is 0 Å². The lowest BCUT2D eigenvalue weighted by molar-refractivity contribution is -0.138. The minimum absolute atomic E-state index is 0.00315. The highest BCUT2D eigenvalue weighted by Gasteiger charge is 2.39. The van der Waals surface area contributed by atoms with Crippen molar-refractivity contribution in [2.45, 2.75) is 45.4 Å². The molecule has 2 fully saturated rings. The summed E-state index contributed by atoms with van der Waals surface area (Å²) in [6.45, 7) is 4.56. The molecule has 1 aliphatic heterocycles. The normalized spacial score (nSPS) is 19.4. The van der Waals surface area contributed by atoms with Crippen molar-refractivity contribution in [3.8, 4) is 0 Å². The van der Waals surface area contributed by atoms with E-state index in [9.17, 15) is 9.59 Å². The van der Waals surface area contributed by atoms with Crippen LogP contribution in [0.25, 0.3) is 0 Å². The average molecular weight is 423 g/mol. The van der Waals surface area contributed by atoms with Crippen LogP contribution in [0, 0.1) is 12.3 Å². The standard InChI is InChI=1S/C20H27BrN2O3/c1-15-12-16(4-5-17(15)21)22-18(24)13-20(6-2-3-7-20)14-19(25)23-8-10-26-11-9-23/h4-5,12H,2-3,6-11,13-14H2,1H3,(H,22,24). The van der Waals surface area contributed by atoms with Gasteiger partial charge in [0.1, 0.15) is 0 Å². The number of hydrogen-bond acceptors (Lipinski definition) is 3. The largest absolute Gasteiger partial charge is 0.378 e. The lowest BCUT2D eigenvalue weighted by atomic mass is 9.78. The van der Waals surface area contributed by atoms with E-state index in [-0.39, 0.29) is 17.2 Å². The molecule has 0 bridgehead atoms. The van der Waals surface area contributed by atoms with E-state index in [4.69, 9.17) is 4.74 Å². The van der Waals surface area contributed by atoms with E-state index in [1.54, 1.807) is 0 Å². The van der Waals surface area contributed by atoms with Crippen LogP contribution < -0.4 is 5.32 Å². The SMILES string of the molecule is Cc1cc(NC(=O)CC2(CC(=O)N3CCOCC3)CCCC2)ccc1Br. The van der Waals surface area contributed by atoms with Crippen molar-refractivity contribution in [2.24, 2.45) is 5.41 Å². The fraction of sp³-hybridized carbons (Fsp3) is 0.600. The Morgan fingerprint density at radius 2 is 1.88 bits per heavy atom. The van der Waals surface area contributed by atoms with Gasteiger partial charge in [-0.25, -0.2) is 0 Å².